The lowest BCUT2D eigenvalue weighted by Crippen LogP contribution is -2.24. The molecule has 0 amide bonds. The van der Waals surface area contributed by atoms with E-state index < -0.39 is 20.6 Å². The van der Waals surface area contributed by atoms with E-state index in [-0.39, 0.29) is 17.1 Å². The average molecular weight is 312 g/mol. The maximum Gasteiger partial charge on any atom is 0.293 e. The van der Waals surface area contributed by atoms with Crippen molar-refractivity contribution in [3.8, 4) is 0 Å². The minimum atomic E-state index is -3.93. The zero-order valence-electron chi connectivity index (χ0n) is 10.9. The lowest BCUT2D eigenvalue weighted by atomic mass is 10.2. The first kappa shape index (κ1) is 14.9. The molecule has 9 nitrogen and oxygen atoms in total. The van der Waals surface area contributed by atoms with Crippen LogP contribution in [0.3, 0.4) is 0 Å². The van der Waals surface area contributed by atoms with Crippen LogP contribution in [0.2, 0.25) is 0 Å². The number of aryl methyl sites for hydroxylation is 1. The summed E-state index contributed by atoms with van der Waals surface area (Å²) in [5, 5.41) is 14.4. The van der Waals surface area contributed by atoms with Gasteiger partial charge < -0.3 is 10.3 Å². The van der Waals surface area contributed by atoms with Crippen molar-refractivity contribution in [2.75, 3.05) is 5.73 Å². The minimum absolute atomic E-state index is 0.0869. The Morgan fingerprint density at radius 2 is 2.19 bits per heavy atom. The molecule has 0 spiro atoms. The number of nitrogen functional groups attached to an aromatic ring is 1. The minimum Gasteiger partial charge on any atom is -0.393 e. The highest BCUT2D eigenvalue weighted by Gasteiger charge is 2.23. The SMILES string of the molecule is Cc1cc(N)c([N+](=O)[O-])cc1S(=O)(=O)NCc1ccon1. The summed E-state index contributed by atoms with van der Waals surface area (Å²) >= 11 is 0. The molecule has 0 aliphatic carbocycles. The average Bonchev–Trinajstić information content (AvgIpc) is 2.88. The van der Waals surface area contributed by atoms with E-state index in [4.69, 9.17) is 5.73 Å². The van der Waals surface area contributed by atoms with E-state index in [0.717, 1.165) is 6.07 Å². The molecule has 21 heavy (non-hydrogen) atoms. The number of aromatic nitrogens is 1. The molecule has 0 aliphatic heterocycles. The number of anilines is 1. The quantitative estimate of drug-likeness (QED) is 0.475. The zero-order chi connectivity index (χ0) is 15.6. The van der Waals surface area contributed by atoms with Gasteiger partial charge in [-0.05, 0) is 18.6 Å². The highest BCUT2D eigenvalue weighted by molar-refractivity contribution is 7.89. The van der Waals surface area contributed by atoms with Gasteiger partial charge in [0.05, 0.1) is 22.1 Å². The van der Waals surface area contributed by atoms with Crippen molar-refractivity contribution in [3.05, 3.63) is 45.8 Å². The van der Waals surface area contributed by atoms with Crippen LogP contribution in [-0.2, 0) is 16.6 Å². The molecule has 0 aliphatic rings. The maximum absolute atomic E-state index is 12.2. The Balaban J connectivity index is 2.35. The lowest BCUT2D eigenvalue weighted by molar-refractivity contribution is -0.384. The van der Waals surface area contributed by atoms with E-state index in [2.05, 4.69) is 14.4 Å². The van der Waals surface area contributed by atoms with E-state index in [0.29, 0.717) is 11.3 Å². The zero-order valence-corrected chi connectivity index (χ0v) is 11.8. The lowest BCUT2D eigenvalue weighted by Gasteiger charge is -2.09. The molecule has 0 unspecified atom stereocenters. The fraction of sp³-hybridized carbons (Fsp3) is 0.182. The molecule has 112 valence electrons. The Bertz CT molecular complexity index is 770. The first-order chi connectivity index (χ1) is 9.81. The van der Waals surface area contributed by atoms with Gasteiger partial charge in [0, 0.05) is 12.1 Å². The van der Waals surface area contributed by atoms with Gasteiger partial charge in [-0.1, -0.05) is 5.16 Å². The number of nitrogens with two attached hydrogens (primary N) is 1. The van der Waals surface area contributed by atoms with E-state index in [9.17, 15) is 18.5 Å². The van der Waals surface area contributed by atoms with Gasteiger partial charge in [0.15, 0.2) is 0 Å². The van der Waals surface area contributed by atoms with E-state index in [1.165, 1.54) is 25.3 Å². The summed E-state index contributed by atoms with van der Waals surface area (Å²) in [5.74, 6) is 0. The highest BCUT2D eigenvalue weighted by atomic mass is 32.2. The largest absolute Gasteiger partial charge is 0.393 e. The van der Waals surface area contributed by atoms with E-state index >= 15 is 0 Å². The van der Waals surface area contributed by atoms with Crippen LogP contribution in [0.25, 0.3) is 0 Å². The van der Waals surface area contributed by atoms with Crippen molar-refractivity contribution < 1.29 is 17.9 Å². The molecule has 1 heterocycles. The Morgan fingerprint density at radius 3 is 2.76 bits per heavy atom. The number of nitrogens with zero attached hydrogens (tertiary/aromatic N) is 2. The number of benzene rings is 1. The van der Waals surface area contributed by atoms with Crippen molar-refractivity contribution in [2.45, 2.75) is 18.4 Å². The molecule has 1 aromatic heterocycles. The van der Waals surface area contributed by atoms with Crippen molar-refractivity contribution in [2.24, 2.45) is 0 Å². The van der Waals surface area contributed by atoms with Gasteiger partial charge >= 0.3 is 0 Å². The second-order valence-electron chi connectivity index (χ2n) is 4.25. The summed E-state index contributed by atoms with van der Waals surface area (Å²) in [5.41, 5.74) is 5.66. The molecule has 0 radical (unpaired) electrons. The summed E-state index contributed by atoms with van der Waals surface area (Å²) in [6.45, 7) is 1.42. The van der Waals surface area contributed by atoms with Gasteiger partial charge in [0.25, 0.3) is 5.69 Å². The molecular weight excluding hydrogens is 300 g/mol. The standard InChI is InChI=1S/C11H12N4O5S/c1-7-4-9(12)10(15(16)17)5-11(7)21(18,19)13-6-8-2-3-20-14-8/h2-5,13H,6,12H2,1H3. The van der Waals surface area contributed by atoms with Gasteiger partial charge in [-0.2, -0.15) is 0 Å². The summed E-state index contributed by atoms with van der Waals surface area (Å²) in [7, 11) is -3.93. The number of sulfonamides is 1. The molecule has 1 aromatic carbocycles. The number of hydrogen-bond acceptors (Lipinski definition) is 7. The molecule has 0 saturated carbocycles. The molecular formula is C11H12N4O5S. The van der Waals surface area contributed by atoms with Crippen molar-refractivity contribution in [3.63, 3.8) is 0 Å². The third-order valence-electron chi connectivity index (χ3n) is 2.75. The van der Waals surface area contributed by atoms with Crippen LogP contribution < -0.4 is 10.5 Å². The van der Waals surface area contributed by atoms with Gasteiger partial charge in [-0.25, -0.2) is 13.1 Å². The van der Waals surface area contributed by atoms with Crippen LogP contribution in [-0.4, -0.2) is 18.5 Å². The third-order valence-corrected chi connectivity index (χ3v) is 4.29. The van der Waals surface area contributed by atoms with Crippen LogP contribution >= 0.6 is 0 Å². The maximum atomic E-state index is 12.2. The summed E-state index contributed by atoms with van der Waals surface area (Å²) in [4.78, 5) is 9.91. The smallest absolute Gasteiger partial charge is 0.293 e. The fourth-order valence-electron chi connectivity index (χ4n) is 1.72. The fourth-order valence-corrected chi connectivity index (χ4v) is 2.97. The number of nitrogens with one attached hydrogen (secondary N) is 1. The Hall–Kier alpha value is -2.46. The molecule has 3 N–H and O–H groups in total. The summed E-state index contributed by atoms with van der Waals surface area (Å²) < 4.78 is 31.3. The van der Waals surface area contributed by atoms with Crippen LogP contribution in [0.4, 0.5) is 11.4 Å². The normalized spacial score (nSPS) is 11.5. The van der Waals surface area contributed by atoms with E-state index in [1.807, 2.05) is 0 Å². The van der Waals surface area contributed by atoms with E-state index in [1.54, 1.807) is 0 Å². The predicted molar refractivity (Wildman–Crippen MR) is 72.8 cm³/mol. The molecule has 0 atom stereocenters. The summed E-state index contributed by atoms with van der Waals surface area (Å²) in [6.07, 6.45) is 1.31. The van der Waals surface area contributed by atoms with Crippen LogP contribution in [0.15, 0.2) is 33.9 Å². The van der Waals surface area contributed by atoms with Gasteiger partial charge in [-0.3, -0.25) is 10.1 Å². The Labute approximate surface area is 119 Å². The Morgan fingerprint density at radius 1 is 1.48 bits per heavy atom. The van der Waals surface area contributed by atoms with Gasteiger partial charge in [0.2, 0.25) is 10.0 Å². The Kier molecular flexibility index (Phi) is 3.91. The monoisotopic (exact) mass is 312 g/mol. The first-order valence-electron chi connectivity index (χ1n) is 5.74. The topological polar surface area (TPSA) is 141 Å². The second-order valence-corrected chi connectivity index (χ2v) is 5.98. The summed E-state index contributed by atoms with van der Waals surface area (Å²) in [6, 6.07) is 3.69. The van der Waals surface area contributed by atoms with Crippen LogP contribution in [0.5, 0.6) is 0 Å². The van der Waals surface area contributed by atoms with Crippen LogP contribution in [0, 0.1) is 17.0 Å². The third kappa shape index (κ3) is 3.17. The molecule has 10 heteroatoms. The molecule has 2 rings (SSSR count). The van der Waals surface area contributed by atoms with Crippen molar-refractivity contribution in [1.29, 1.82) is 0 Å². The highest BCUT2D eigenvalue weighted by Crippen LogP contribution is 2.28. The first-order valence-corrected chi connectivity index (χ1v) is 7.23. The van der Waals surface area contributed by atoms with Crippen molar-refractivity contribution in [1.82, 2.24) is 9.88 Å². The number of nitro benzene ring substituents is 1. The molecule has 0 fully saturated rings. The van der Waals surface area contributed by atoms with Gasteiger partial charge in [0.1, 0.15) is 12.0 Å². The van der Waals surface area contributed by atoms with Crippen LogP contribution in [0.1, 0.15) is 11.3 Å². The molecule has 0 saturated heterocycles. The predicted octanol–water partition coefficient (Wildman–Crippen LogP) is 0.952. The number of nitro groups is 1. The number of hydrogen-bond donors (Lipinski definition) is 2. The molecule has 2 aromatic rings. The van der Waals surface area contributed by atoms with Crippen molar-refractivity contribution >= 4 is 21.4 Å². The molecule has 0 bridgehead atoms. The second kappa shape index (κ2) is 5.50. The van der Waals surface area contributed by atoms with Gasteiger partial charge in [-0.15, -0.1) is 0 Å². The number of rotatable bonds is 5.